The molecule has 0 atom stereocenters. The minimum Gasteiger partial charge on any atom is -0.325 e. The Kier molecular flexibility index (Phi) is 5.75. The molecule has 10 heteroatoms. The number of sulfonamides is 1. The second-order valence-electron chi connectivity index (χ2n) is 5.55. The molecule has 2 aromatic rings. The molecule has 0 heterocycles. The maximum atomic E-state index is 12.5. The van der Waals surface area contributed by atoms with E-state index in [0.717, 1.165) is 34.8 Å². The zero-order valence-electron chi connectivity index (χ0n) is 14.0. The topological polar surface area (TPSA) is 90.3 Å². The number of carbonyl (C=O) groups is 1. The molecular weight excluding hydrogens is 383 g/mol. The molecule has 2 aromatic carbocycles. The van der Waals surface area contributed by atoms with Gasteiger partial charge in [-0.25, -0.2) is 8.42 Å². The van der Waals surface area contributed by atoms with Crippen molar-refractivity contribution in [2.24, 2.45) is 0 Å². The summed E-state index contributed by atoms with van der Waals surface area (Å²) in [7, 11) is -3.81. The van der Waals surface area contributed by atoms with Crippen molar-refractivity contribution in [2.75, 3.05) is 22.4 Å². The summed E-state index contributed by atoms with van der Waals surface area (Å²) < 4.78 is 62.4. The third-order valence-corrected chi connectivity index (χ3v) is 4.61. The fourth-order valence-corrected chi connectivity index (χ4v) is 3.03. The molecule has 0 bridgehead atoms. The molecule has 0 saturated carbocycles. The fourth-order valence-electron chi connectivity index (χ4n) is 2.18. The number of carbonyl (C=O) groups excluding carboxylic acids is 1. The smallest absolute Gasteiger partial charge is 0.325 e. The Balaban J connectivity index is 2.15. The first-order valence-electron chi connectivity index (χ1n) is 7.45. The van der Waals surface area contributed by atoms with E-state index in [-0.39, 0.29) is 11.4 Å². The molecule has 0 saturated heterocycles. The normalized spacial score (nSPS) is 11.5. The van der Waals surface area contributed by atoms with Crippen LogP contribution in [0.2, 0.25) is 0 Å². The first-order chi connectivity index (χ1) is 12.5. The highest BCUT2D eigenvalue weighted by Crippen LogP contribution is 2.29. The lowest BCUT2D eigenvalue weighted by molar-refractivity contribution is -0.137. The lowest BCUT2D eigenvalue weighted by Crippen LogP contribution is -2.37. The van der Waals surface area contributed by atoms with Gasteiger partial charge in [0.25, 0.3) is 0 Å². The average Bonchev–Trinajstić information content (AvgIpc) is 2.58. The number of rotatable bonds is 5. The molecule has 142 valence electrons. The summed E-state index contributed by atoms with van der Waals surface area (Å²) in [5.41, 5.74) is -0.266. The second-order valence-corrected chi connectivity index (χ2v) is 7.46. The molecule has 0 aliphatic carbocycles. The number of anilines is 2. The van der Waals surface area contributed by atoms with Crippen molar-refractivity contribution >= 4 is 27.3 Å². The first-order valence-corrected chi connectivity index (χ1v) is 9.30. The van der Waals surface area contributed by atoms with Gasteiger partial charge in [-0.3, -0.25) is 9.10 Å². The largest absolute Gasteiger partial charge is 0.416 e. The highest BCUT2D eigenvalue weighted by molar-refractivity contribution is 7.92. The molecule has 0 aliphatic rings. The van der Waals surface area contributed by atoms with Gasteiger partial charge in [-0.15, -0.1) is 0 Å². The number of hydrogen-bond donors (Lipinski definition) is 1. The van der Waals surface area contributed by atoms with Gasteiger partial charge in [0.1, 0.15) is 6.54 Å². The van der Waals surface area contributed by atoms with Crippen molar-refractivity contribution in [3.63, 3.8) is 0 Å². The van der Waals surface area contributed by atoms with Crippen LogP contribution in [0.4, 0.5) is 24.5 Å². The average molecular weight is 397 g/mol. The number of halogens is 3. The minimum atomic E-state index is -4.49. The zero-order chi connectivity index (χ0) is 20.2. The number of hydrogen-bond acceptors (Lipinski definition) is 4. The van der Waals surface area contributed by atoms with E-state index in [9.17, 15) is 26.4 Å². The van der Waals surface area contributed by atoms with Crippen LogP contribution >= 0.6 is 0 Å². The van der Waals surface area contributed by atoms with E-state index in [1.807, 2.05) is 6.07 Å². The molecule has 0 radical (unpaired) electrons. The summed E-state index contributed by atoms with van der Waals surface area (Å²) in [6.45, 7) is -0.578. The SMILES string of the molecule is CS(=O)(=O)N(CC(=O)Nc1ccc(C(F)(F)F)cc1)c1ccc(C#N)cc1. The molecule has 1 N–H and O–H groups in total. The maximum Gasteiger partial charge on any atom is 0.416 e. The number of amides is 1. The molecule has 0 fully saturated rings. The van der Waals surface area contributed by atoms with Crippen LogP contribution in [-0.2, 0) is 21.0 Å². The first kappa shape index (κ1) is 20.3. The summed E-state index contributed by atoms with van der Waals surface area (Å²) in [4.78, 5) is 12.2. The second kappa shape index (κ2) is 7.67. The van der Waals surface area contributed by atoms with Gasteiger partial charge in [-0.1, -0.05) is 0 Å². The van der Waals surface area contributed by atoms with E-state index >= 15 is 0 Å². The van der Waals surface area contributed by atoms with Crippen molar-refractivity contribution in [1.82, 2.24) is 0 Å². The lowest BCUT2D eigenvalue weighted by atomic mass is 10.2. The molecule has 6 nitrogen and oxygen atoms in total. The van der Waals surface area contributed by atoms with Crippen LogP contribution in [0.5, 0.6) is 0 Å². The quantitative estimate of drug-likeness (QED) is 0.840. The Morgan fingerprint density at radius 2 is 1.67 bits per heavy atom. The lowest BCUT2D eigenvalue weighted by Gasteiger charge is -2.22. The summed E-state index contributed by atoms with van der Waals surface area (Å²) >= 11 is 0. The molecule has 0 unspecified atom stereocenters. The van der Waals surface area contributed by atoms with E-state index in [1.54, 1.807) is 0 Å². The van der Waals surface area contributed by atoms with Crippen molar-refractivity contribution in [3.05, 3.63) is 59.7 Å². The number of nitrogens with zero attached hydrogens (tertiary/aromatic N) is 2. The predicted molar refractivity (Wildman–Crippen MR) is 93.4 cm³/mol. The van der Waals surface area contributed by atoms with E-state index in [2.05, 4.69) is 5.32 Å². The summed E-state index contributed by atoms with van der Waals surface area (Å²) in [6.07, 6.45) is -3.58. The molecule has 0 spiro atoms. The van der Waals surface area contributed by atoms with Gasteiger partial charge in [0.15, 0.2) is 0 Å². The molecule has 0 aromatic heterocycles. The van der Waals surface area contributed by atoms with E-state index in [1.165, 1.54) is 24.3 Å². The Labute approximate surface area is 153 Å². The molecule has 1 amide bonds. The van der Waals surface area contributed by atoms with Gasteiger partial charge in [0.2, 0.25) is 15.9 Å². The van der Waals surface area contributed by atoms with Crippen LogP contribution in [0, 0.1) is 11.3 Å². The van der Waals surface area contributed by atoms with Crippen LogP contribution in [0.3, 0.4) is 0 Å². The maximum absolute atomic E-state index is 12.5. The Morgan fingerprint density at radius 1 is 1.11 bits per heavy atom. The van der Waals surface area contributed by atoms with Gasteiger partial charge >= 0.3 is 6.18 Å². The molecule has 2 rings (SSSR count). The minimum absolute atomic E-state index is 0.0984. The number of nitriles is 1. The van der Waals surface area contributed by atoms with Gasteiger partial charge in [-0.05, 0) is 48.5 Å². The van der Waals surface area contributed by atoms with Crippen LogP contribution in [0.25, 0.3) is 0 Å². The number of benzene rings is 2. The van der Waals surface area contributed by atoms with Crippen molar-refractivity contribution < 1.29 is 26.4 Å². The van der Waals surface area contributed by atoms with Crippen LogP contribution in [0.1, 0.15) is 11.1 Å². The monoisotopic (exact) mass is 397 g/mol. The summed E-state index contributed by atoms with van der Waals surface area (Å²) in [5, 5.41) is 11.1. The highest BCUT2D eigenvalue weighted by atomic mass is 32.2. The number of alkyl halides is 3. The fraction of sp³-hybridized carbons (Fsp3) is 0.176. The Morgan fingerprint density at radius 3 is 2.11 bits per heavy atom. The third kappa shape index (κ3) is 5.46. The third-order valence-electron chi connectivity index (χ3n) is 3.47. The molecular formula is C17H14F3N3O3S. The van der Waals surface area contributed by atoms with Gasteiger partial charge < -0.3 is 5.32 Å². The summed E-state index contributed by atoms with van der Waals surface area (Å²) in [5.74, 6) is -0.732. The van der Waals surface area contributed by atoms with E-state index in [0.29, 0.717) is 5.56 Å². The highest BCUT2D eigenvalue weighted by Gasteiger charge is 2.30. The van der Waals surface area contributed by atoms with Crippen LogP contribution in [0.15, 0.2) is 48.5 Å². The van der Waals surface area contributed by atoms with Gasteiger partial charge in [0.05, 0.1) is 29.1 Å². The van der Waals surface area contributed by atoms with E-state index in [4.69, 9.17) is 5.26 Å². The predicted octanol–water partition coefficient (Wildman–Crippen LogP) is 2.98. The standard InChI is InChI=1S/C17H14F3N3O3S/c1-27(25,26)23(15-8-2-12(10-21)3-9-15)11-16(24)22-14-6-4-13(5-7-14)17(18,19)20/h2-9H,11H2,1H3,(H,22,24). The summed E-state index contributed by atoms with van der Waals surface area (Å²) in [6, 6.07) is 11.2. The Bertz CT molecular complexity index is 964. The van der Waals surface area contributed by atoms with Crippen molar-refractivity contribution in [3.8, 4) is 6.07 Å². The zero-order valence-corrected chi connectivity index (χ0v) is 14.8. The number of nitrogens with one attached hydrogen (secondary N) is 1. The van der Waals surface area contributed by atoms with Gasteiger partial charge in [-0.2, -0.15) is 18.4 Å². The Hall–Kier alpha value is -3.06. The van der Waals surface area contributed by atoms with Crippen LogP contribution < -0.4 is 9.62 Å². The molecule has 27 heavy (non-hydrogen) atoms. The van der Waals surface area contributed by atoms with Crippen molar-refractivity contribution in [1.29, 1.82) is 5.26 Å². The van der Waals surface area contributed by atoms with Gasteiger partial charge in [0, 0.05) is 5.69 Å². The molecule has 0 aliphatic heterocycles. The van der Waals surface area contributed by atoms with E-state index < -0.39 is 34.2 Å². The van der Waals surface area contributed by atoms with Crippen LogP contribution in [-0.4, -0.2) is 27.1 Å². The van der Waals surface area contributed by atoms with Crippen molar-refractivity contribution in [2.45, 2.75) is 6.18 Å².